The first-order chi connectivity index (χ1) is 4.22. The van der Waals surface area contributed by atoms with Gasteiger partial charge in [-0.2, -0.15) is 0 Å². The molecule has 9 heavy (non-hydrogen) atoms. The van der Waals surface area contributed by atoms with Crippen LogP contribution in [0.2, 0.25) is 5.02 Å². The number of nitrogens with zero attached hydrogens (tertiary/aromatic N) is 1. The summed E-state index contributed by atoms with van der Waals surface area (Å²) in [5.74, 6) is -0.442. The predicted octanol–water partition coefficient (Wildman–Crippen LogP) is 2.64. The topological polar surface area (TPSA) is 12.9 Å². The highest BCUT2D eigenvalue weighted by Crippen LogP contribution is 2.22. The predicted molar refractivity (Wildman–Crippen MR) is 36.9 cm³/mol. The van der Waals surface area contributed by atoms with E-state index in [1.54, 1.807) is 0 Å². The van der Waals surface area contributed by atoms with Crippen LogP contribution in [0.15, 0.2) is 16.9 Å². The summed E-state index contributed by atoms with van der Waals surface area (Å²) in [7, 11) is 0. The van der Waals surface area contributed by atoms with Gasteiger partial charge in [0.1, 0.15) is 0 Å². The number of aromatic nitrogens is 1. The van der Waals surface area contributed by atoms with Crippen LogP contribution >= 0.6 is 27.5 Å². The smallest absolute Gasteiger partial charge is 0.157 e. The largest absolute Gasteiger partial charge is 0.260 e. The van der Waals surface area contributed by atoms with Gasteiger partial charge in [0.2, 0.25) is 0 Å². The molecule has 0 bridgehead atoms. The molecule has 0 aliphatic heterocycles. The molecule has 0 aromatic carbocycles. The van der Waals surface area contributed by atoms with Crippen molar-refractivity contribution in [1.82, 2.24) is 4.98 Å². The van der Waals surface area contributed by atoms with Gasteiger partial charge in [-0.05, 0) is 15.9 Å². The van der Waals surface area contributed by atoms with Crippen LogP contribution in [0.25, 0.3) is 0 Å². The number of hydrogen-bond donors (Lipinski definition) is 0. The molecule has 1 aromatic rings. The van der Waals surface area contributed by atoms with Crippen molar-refractivity contribution >= 4 is 27.5 Å². The highest BCUT2D eigenvalue weighted by Gasteiger charge is 2.01. The van der Waals surface area contributed by atoms with E-state index in [0.717, 1.165) is 6.20 Å². The third kappa shape index (κ3) is 1.40. The van der Waals surface area contributed by atoms with Crippen molar-refractivity contribution in [2.45, 2.75) is 0 Å². The molecule has 0 atom stereocenters. The Bertz CT molecular complexity index is 208. The van der Waals surface area contributed by atoms with Crippen molar-refractivity contribution in [3.8, 4) is 0 Å². The monoisotopic (exact) mass is 209 g/mol. The Hall–Kier alpha value is -0.150. The maximum absolute atomic E-state index is 12.4. The second-order valence-electron chi connectivity index (χ2n) is 1.42. The molecule has 48 valence electrons. The summed E-state index contributed by atoms with van der Waals surface area (Å²) in [6.45, 7) is 0. The Morgan fingerprint density at radius 3 is 2.67 bits per heavy atom. The molecule has 0 radical (unpaired) electrons. The molecule has 1 nitrogen and oxygen atoms in total. The van der Waals surface area contributed by atoms with E-state index < -0.39 is 5.82 Å². The molecule has 1 aromatic heterocycles. The summed E-state index contributed by atoms with van der Waals surface area (Å²) in [5, 5.41) is 0.287. The zero-order valence-corrected chi connectivity index (χ0v) is 6.58. The highest BCUT2D eigenvalue weighted by molar-refractivity contribution is 9.10. The van der Waals surface area contributed by atoms with Gasteiger partial charge in [0.25, 0.3) is 0 Å². The molecule has 0 saturated heterocycles. The summed E-state index contributed by atoms with van der Waals surface area (Å²) in [6.07, 6.45) is 2.46. The maximum atomic E-state index is 12.4. The van der Waals surface area contributed by atoms with Crippen LogP contribution < -0.4 is 0 Å². The van der Waals surface area contributed by atoms with Crippen LogP contribution in [0.5, 0.6) is 0 Å². The van der Waals surface area contributed by atoms with Gasteiger partial charge < -0.3 is 0 Å². The Morgan fingerprint density at radius 1 is 1.56 bits per heavy atom. The molecular formula is C5H2BrClFN. The zero-order valence-electron chi connectivity index (χ0n) is 4.24. The Kier molecular flexibility index (Phi) is 2.03. The first-order valence-corrected chi connectivity index (χ1v) is 3.33. The molecule has 0 unspecified atom stereocenters. The zero-order chi connectivity index (χ0) is 6.85. The molecule has 0 aliphatic carbocycles. The first kappa shape index (κ1) is 6.96. The first-order valence-electron chi connectivity index (χ1n) is 2.16. The van der Waals surface area contributed by atoms with E-state index in [9.17, 15) is 4.39 Å². The van der Waals surface area contributed by atoms with Crippen molar-refractivity contribution in [3.63, 3.8) is 0 Å². The minimum atomic E-state index is -0.442. The van der Waals surface area contributed by atoms with E-state index in [1.807, 2.05) is 0 Å². The average Bonchev–Trinajstić information content (AvgIpc) is 1.83. The van der Waals surface area contributed by atoms with Gasteiger partial charge in [-0.15, -0.1) is 0 Å². The minimum absolute atomic E-state index is 0.263. The van der Waals surface area contributed by atoms with E-state index in [-0.39, 0.29) is 9.50 Å². The fourth-order valence-corrected chi connectivity index (χ4v) is 0.747. The third-order valence-electron chi connectivity index (χ3n) is 0.795. The molecule has 0 spiro atoms. The lowest BCUT2D eigenvalue weighted by atomic mass is 10.5. The van der Waals surface area contributed by atoms with Crippen molar-refractivity contribution in [3.05, 3.63) is 27.7 Å². The molecule has 1 rings (SSSR count). The summed E-state index contributed by atoms with van der Waals surface area (Å²) in [5.41, 5.74) is 0. The molecule has 0 fully saturated rings. The standard InChI is InChI=1S/C5H2BrClFN/c6-5-3(7)1-9-2-4(5)8/h1-2H. The normalized spacial score (nSPS) is 9.67. The van der Waals surface area contributed by atoms with Gasteiger partial charge in [-0.25, -0.2) is 4.39 Å². The summed E-state index contributed by atoms with van der Waals surface area (Å²) in [6, 6.07) is 0. The molecule has 1 heterocycles. The van der Waals surface area contributed by atoms with Gasteiger partial charge in [0.15, 0.2) is 5.82 Å². The number of halogens is 3. The van der Waals surface area contributed by atoms with Crippen LogP contribution in [0.3, 0.4) is 0 Å². The Labute approximate surface area is 65.0 Å². The SMILES string of the molecule is Fc1cncc(Cl)c1Br. The van der Waals surface area contributed by atoms with Crippen molar-refractivity contribution in [1.29, 1.82) is 0 Å². The number of pyridine rings is 1. The fraction of sp³-hybridized carbons (Fsp3) is 0. The second-order valence-corrected chi connectivity index (χ2v) is 2.62. The quantitative estimate of drug-likeness (QED) is 0.641. The lowest BCUT2D eigenvalue weighted by molar-refractivity contribution is 0.614. The second kappa shape index (κ2) is 2.62. The van der Waals surface area contributed by atoms with Crippen LogP contribution in [-0.4, -0.2) is 4.98 Å². The molecule has 0 amide bonds. The lowest BCUT2D eigenvalue weighted by Crippen LogP contribution is -1.79. The van der Waals surface area contributed by atoms with E-state index in [1.165, 1.54) is 6.20 Å². The van der Waals surface area contributed by atoms with Gasteiger partial charge in [0, 0.05) is 6.20 Å². The van der Waals surface area contributed by atoms with Crippen LogP contribution in [0, 0.1) is 5.82 Å². The average molecular weight is 210 g/mol. The van der Waals surface area contributed by atoms with Gasteiger partial charge in [0.05, 0.1) is 15.7 Å². The number of hydrogen-bond acceptors (Lipinski definition) is 1. The molecule has 0 saturated carbocycles. The molecular weight excluding hydrogens is 208 g/mol. The van der Waals surface area contributed by atoms with E-state index in [0.29, 0.717) is 0 Å². The van der Waals surface area contributed by atoms with E-state index in [2.05, 4.69) is 20.9 Å². The van der Waals surface area contributed by atoms with Gasteiger partial charge >= 0.3 is 0 Å². The molecule has 0 aliphatic rings. The summed E-state index contributed by atoms with van der Waals surface area (Å²) in [4.78, 5) is 3.51. The summed E-state index contributed by atoms with van der Waals surface area (Å²) < 4.78 is 12.6. The van der Waals surface area contributed by atoms with Gasteiger partial charge in [-0.1, -0.05) is 11.6 Å². The number of rotatable bonds is 0. The van der Waals surface area contributed by atoms with Crippen LogP contribution in [-0.2, 0) is 0 Å². The third-order valence-corrected chi connectivity index (χ3v) is 2.12. The lowest BCUT2D eigenvalue weighted by Gasteiger charge is -1.92. The Morgan fingerprint density at radius 2 is 2.22 bits per heavy atom. The minimum Gasteiger partial charge on any atom is -0.260 e. The summed E-state index contributed by atoms with van der Waals surface area (Å²) >= 11 is 8.40. The van der Waals surface area contributed by atoms with Crippen molar-refractivity contribution in [2.75, 3.05) is 0 Å². The molecule has 4 heteroatoms. The van der Waals surface area contributed by atoms with Crippen molar-refractivity contribution < 1.29 is 4.39 Å². The van der Waals surface area contributed by atoms with E-state index in [4.69, 9.17) is 11.6 Å². The van der Waals surface area contributed by atoms with Gasteiger partial charge in [-0.3, -0.25) is 4.98 Å². The van der Waals surface area contributed by atoms with E-state index >= 15 is 0 Å². The fourth-order valence-electron chi connectivity index (χ4n) is 0.396. The highest BCUT2D eigenvalue weighted by atomic mass is 79.9. The van der Waals surface area contributed by atoms with Crippen LogP contribution in [0.1, 0.15) is 0 Å². The molecule has 0 N–H and O–H groups in total. The maximum Gasteiger partial charge on any atom is 0.157 e. The van der Waals surface area contributed by atoms with Crippen molar-refractivity contribution in [2.24, 2.45) is 0 Å². The Balaban J connectivity index is 3.25. The van der Waals surface area contributed by atoms with Crippen LogP contribution in [0.4, 0.5) is 4.39 Å².